The van der Waals surface area contributed by atoms with E-state index in [9.17, 15) is 8.78 Å². The molecule has 8 heteroatoms. The van der Waals surface area contributed by atoms with Crippen LogP contribution < -0.4 is 11.1 Å². The molecule has 0 saturated heterocycles. The first-order valence-electron chi connectivity index (χ1n) is 4.44. The van der Waals surface area contributed by atoms with Gasteiger partial charge in [-0.3, -0.25) is 0 Å². The van der Waals surface area contributed by atoms with Crippen molar-refractivity contribution in [3.05, 3.63) is 35.1 Å². The van der Waals surface area contributed by atoms with Crippen molar-refractivity contribution in [1.82, 2.24) is 15.0 Å². The van der Waals surface area contributed by atoms with Crippen molar-refractivity contribution in [2.45, 2.75) is 0 Å². The molecule has 3 N–H and O–H groups in total. The molecular formula is C9H6ClF2N5. The fraction of sp³-hybridized carbons (Fsp3) is 0. The van der Waals surface area contributed by atoms with E-state index in [2.05, 4.69) is 20.3 Å². The standard InChI is InChI=1S/C9H6ClF2N5/c10-7-15-8(13)17-9(16-7)14-6-4(11)2-1-3-5(6)12/h1-3H,(H3,13,14,15,16,17). The first-order chi connectivity index (χ1) is 8.06. The Morgan fingerprint density at radius 2 is 1.76 bits per heavy atom. The summed E-state index contributed by atoms with van der Waals surface area (Å²) in [6.45, 7) is 0. The Kier molecular flexibility index (Phi) is 3.01. The molecule has 0 bridgehead atoms. The van der Waals surface area contributed by atoms with Crippen LogP contribution in [0.3, 0.4) is 0 Å². The summed E-state index contributed by atoms with van der Waals surface area (Å²) in [5, 5.41) is 2.18. The molecule has 0 aliphatic rings. The van der Waals surface area contributed by atoms with Gasteiger partial charge in [0.15, 0.2) is 0 Å². The van der Waals surface area contributed by atoms with Crippen LogP contribution in [0.5, 0.6) is 0 Å². The topological polar surface area (TPSA) is 76.7 Å². The van der Waals surface area contributed by atoms with Gasteiger partial charge in [0.2, 0.25) is 17.2 Å². The Bertz CT molecular complexity index is 523. The van der Waals surface area contributed by atoms with Crippen LogP contribution in [-0.2, 0) is 0 Å². The van der Waals surface area contributed by atoms with Gasteiger partial charge in [-0.25, -0.2) is 8.78 Å². The Hall–Kier alpha value is -2.02. The molecule has 17 heavy (non-hydrogen) atoms. The Balaban J connectivity index is 2.38. The van der Waals surface area contributed by atoms with Crippen molar-refractivity contribution in [3.8, 4) is 0 Å². The second-order valence-electron chi connectivity index (χ2n) is 3.01. The van der Waals surface area contributed by atoms with Gasteiger partial charge in [-0.05, 0) is 23.7 Å². The second kappa shape index (κ2) is 4.46. The molecule has 0 aliphatic heterocycles. The fourth-order valence-corrected chi connectivity index (χ4v) is 1.32. The van der Waals surface area contributed by atoms with Gasteiger partial charge in [-0.2, -0.15) is 15.0 Å². The van der Waals surface area contributed by atoms with E-state index in [4.69, 9.17) is 17.3 Å². The predicted molar refractivity (Wildman–Crippen MR) is 58.9 cm³/mol. The third-order valence-electron chi connectivity index (χ3n) is 1.82. The minimum absolute atomic E-state index is 0.133. The summed E-state index contributed by atoms with van der Waals surface area (Å²) in [6.07, 6.45) is 0. The number of rotatable bonds is 2. The number of benzene rings is 1. The minimum atomic E-state index is -0.778. The highest BCUT2D eigenvalue weighted by atomic mass is 35.5. The van der Waals surface area contributed by atoms with Crippen molar-refractivity contribution < 1.29 is 8.78 Å². The van der Waals surface area contributed by atoms with E-state index in [1.165, 1.54) is 6.07 Å². The van der Waals surface area contributed by atoms with Crippen molar-refractivity contribution in [2.24, 2.45) is 0 Å². The first-order valence-corrected chi connectivity index (χ1v) is 4.82. The molecule has 0 radical (unpaired) electrons. The van der Waals surface area contributed by atoms with E-state index in [0.717, 1.165) is 12.1 Å². The Morgan fingerprint density at radius 1 is 1.12 bits per heavy atom. The van der Waals surface area contributed by atoms with Crippen LogP contribution in [-0.4, -0.2) is 15.0 Å². The van der Waals surface area contributed by atoms with Crippen LogP contribution in [0.15, 0.2) is 18.2 Å². The van der Waals surface area contributed by atoms with E-state index in [1.807, 2.05) is 0 Å². The quantitative estimate of drug-likeness (QED) is 0.862. The van der Waals surface area contributed by atoms with Crippen LogP contribution in [0, 0.1) is 11.6 Å². The second-order valence-corrected chi connectivity index (χ2v) is 3.35. The highest BCUT2D eigenvalue weighted by Crippen LogP contribution is 2.21. The van der Waals surface area contributed by atoms with Crippen LogP contribution in [0.25, 0.3) is 0 Å². The number of hydrogen-bond donors (Lipinski definition) is 2. The minimum Gasteiger partial charge on any atom is -0.368 e. The molecule has 5 nitrogen and oxygen atoms in total. The zero-order chi connectivity index (χ0) is 12.4. The summed E-state index contributed by atoms with van der Waals surface area (Å²) >= 11 is 5.53. The smallest absolute Gasteiger partial charge is 0.233 e. The maximum Gasteiger partial charge on any atom is 0.233 e. The molecule has 2 rings (SSSR count). The zero-order valence-electron chi connectivity index (χ0n) is 8.28. The molecule has 1 aromatic carbocycles. The molecule has 0 fully saturated rings. The number of anilines is 3. The normalized spacial score (nSPS) is 10.3. The third kappa shape index (κ3) is 2.56. The Morgan fingerprint density at radius 3 is 2.35 bits per heavy atom. The van der Waals surface area contributed by atoms with Crippen LogP contribution >= 0.6 is 11.6 Å². The lowest BCUT2D eigenvalue weighted by Crippen LogP contribution is -2.05. The van der Waals surface area contributed by atoms with Crippen LogP contribution in [0.2, 0.25) is 5.28 Å². The lowest BCUT2D eigenvalue weighted by Gasteiger charge is -2.07. The first kappa shape index (κ1) is 11.5. The monoisotopic (exact) mass is 257 g/mol. The van der Waals surface area contributed by atoms with E-state index < -0.39 is 11.6 Å². The van der Waals surface area contributed by atoms with Gasteiger partial charge in [0.25, 0.3) is 0 Å². The van der Waals surface area contributed by atoms with Crippen molar-refractivity contribution in [2.75, 3.05) is 11.1 Å². The average molecular weight is 258 g/mol. The fourth-order valence-electron chi connectivity index (χ4n) is 1.15. The molecule has 0 spiro atoms. The number of halogens is 3. The molecule has 0 atom stereocenters. The predicted octanol–water partition coefficient (Wildman–Crippen LogP) is 2.13. The molecule has 2 aromatic rings. The largest absolute Gasteiger partial charge is 0.368 e. The van der Waals surface area contributed by atoms with Crippen molar-refractivity contribution in [3.63, 3.8) is 0 Å². The van der Waals surface area contributed by atoms with Crippen molar-refractivity contribution in [1.29, 1.82) is 0 Å². The number of hydrogen-bond acceptors (Lipinski definition) is 5. The molecule has 1 aromatic heterocycles. The van der Waals surface area contributed by atoms with Gasteiger partial charge in [0.05, 0.1) is 0 Å². The number of nitrogens with zero attached hydrogens (tertiary/aromatic N) is 3. The summed E-state index contributed by atoms with van der Waals surface area (Å²) in [5.41, 5.74) is 4.93. The summed E-state index contributed by atoms with van der Waals surface area (Å²) in [4.78, 5) is 10.8. The lowest BCUT2D eigenvalue weighted by molar-refractivity contribution is 0.590. The SMILES string of the molecule is Nc1nc(Cl)nc(Nc2c(F)cccc2F)n1. The highest BCUT2D eigenvalue weighted by molar-refractivity contribution is 6.28. The number of nitrogens with two attached hydrogens (primary N) is 1. The zero-order valence-corrected chi connectivity index (χ0v) is 9.04. The average Bonchev–Trinajstić information content (AvgIpc) is 2.22. The molecule has 0 saturated carbocycles. The van der Waals surface area contributed by atoms with Gasteiger partial charge in [0, 0.05) is 0 Å². The van der Waals surface area contributed by atoms with Gasteiger partial charge >= 0.3 is 0 Å². The van der Waals surface area contributed by atoms with E-state index >= 15 is 0 Å². The number of nitrogen functional groups attached to an aromatic ring is 1. The number of nitrogens with one attached hydrogen (secondary N) is 1. The summed E-state index contributed by atoms with van der Waals surface area (Å²) in [5.74, 6) is -1.84. The van der Waals surface area contributed by atoms with E-state index in [-0.39, 0.29) is 22.9 Å². The maximum atomic E-state index is 13.3. The molecule has 88 valence electrons. The summed E-state index contributed by atoms with van der Waals surface area (Å²) in [6, 6.07) is 3.43. The third-order valence-corrected chi connectivity index (χ3v) is 1.99. The molecule has 0 unspecified atom stereocenters. The maximum absolute atomic E-state index is 13.3. The Labute approximate surface area is 99.7 Å². The summed E-state index contributed by atoms with van der Waals surface area (Å²) in [7, 11) is 0. The number of para-hydroxylation sites is 1. The van der Waals surface area contributed by atoms with Crippen LogP contribution in [0.4, 0.5) is 26.4 Å². The van der Waals surface area contributed by atoms with Gasteiger partial charge in [0.1, 0.15) is 17.3 Å². The molecular weight excluding hydrogens is 252 g/mol. The lowest BCUT2D eigenvalue weighted by atomic mass is 10.3. The van der Waals surface area contributed by atoms with Gasteiger partial charge in [-0.15, -0.1) is 0 Å². The molecule has 1 heterocycles. The molecule has 0 amide bonds. The molecule has 0 aliphatic carbocycles. The van der Waals surface area contributed by atoms with Gasteiger partial charge < -0.3 is 11.1 Å². The van der Waals surface area contributed by atoms with Crippen LogP contribution in [0.1, 0.15) is 0 Å². The highest BCUT2D eigenvalue weighted by Gasteiger charge is 2.10. The van der Waals surface area contributed by atoms with E-state index in [1.54, 1.807) is 0 Å². The van der Waals surface area contributed by atoms with E-state index in [0.29, 0.717) is 0 Å². The summed E-state index contributed by atoms with van der Waals surface area (Å²) < 4.78 is 26.6. The van der Waals surface area contributed by atoms with Crippen molar-refractivity contribution >= 4 is 29.2 Å². The van der Waals surface area contributed by atoms with Gasteiger partial charge in [-0.1, -0.05) is 6.07 Å². The number of aromatic nitrogens is 3.